The van der Waals surface area contributed by atoms with E-state index >= 15 is 0 Å². The monoisotopic (exact) mass is 332 g/mol. The number of rotatable bonds is 2. The van der Waals surface area contributed by atoms with Crippen molar-refractivity contribution in [1.29, 1.82) is 0 Å². The average Bonchev–Trinajstić information content (AvgIpc) is 2.55. The van der Waals surface area contributed by atoms with E-state index in [1.54, 1.807) is 0 Å². The second-order valence-electron chi connectivity index (χ2n) is 3.86. The highest BCUT2D eigenvalue weighted by molar-refractivity contribution is 14.2. The molecule has 4 heteroatoms. The molecule has 0 bridgehead atoms. The van der Waals surface area contributed by atoms with Crippen LogP contribution in [0, 0.1) is 13.8 Å². The minimum Gasteiger partial charge on any atom is -0.267 e. The van der Waals surface area contributed by atoms with Gasteiger partial charge in [-0.15, -0.1) is 0 Å². The van der Waals surface area contributed by atoms with E-state index in [1.165, 1.54) is 0 Å². The molecule has 0 aliphatic heterocycles. The van der Waals surface area contributed by atoms with Gasteiger partial charge in [-0.2, -0.15) is 5.10 Å². The van der Waals surface area contributed by atoms with Crippen LogP contribution in [0.15, 0.2) is 12.1 Å². The maximum atomic E-state index is 13.9. The van der Waals surface area contributed by atoms with Crippen molar-refractivity contribution < 1.29 is 4.39 Å². The maximum absolute atomic E-state index is 13.9. The van der Waals surface area contributed by atoms with Crippen LogP contribution in [-0.2, 0) is 7.05 Å². The highest BCUT2D eigenvalue weighted by atomic mass is 127. The number of alkyl halides is 2. The average molecular weight is 332 g/mol. The van der Waals surface area contributed by atoms with Gasteiger partial charge in [0.15, 0.2) is 4.18 Å². The smallest absolute Gasteiger partial charge is 0.171 e. The summed E-state index contributed by atoms with van der Waals surface area (Å²) < 4.78 is 18.5. The van der Waals surface area contributed by atoms with Crippen LogP contribution in [0.5, 0.6) is 0 Å². The summed E-state index contributed by atoms with van der Waals surface area (Å²) in [5.41, 5.74) is 3.83. The van der Waals surface area contributed by atoms with Crippen molar-refractivity contribution in [1.82, 2.24) is 9.78 Å². The third-order valence-corrected chi connectivity index (χ3v) is 4.21. The summed E-state index contributed by atoms with van der Waals surface area (Å²) >= 11 is -0.676. The maximum Gasteiger partial charge on any atom is 0.171 e. The predicted octanol–water partition coefficient (Wildman–Crippen LogP) is 3.56. The van der Waals surface area contributed by atoms with Crippen LogP contribution in [0.2, 0.25) is 0 Å². The van der Waals surface area contributed by atoms with Gasteiger partial charge in [-0.3, -0.25) is 4.68 Å². The van der Waals surface area contributed by atoms with Crippen molar-refractivity contribution in [3.8, 4) is 0 Å². The van der Waals surface area contributed by atoms with E-state index < -0.39 is 24.9 Å². The minimum atomic E-state index is -0.898. The molecule has 0 saturated carbocycles. The fourth-order valence-electron chi connectivity index (χ4n) is 2.10. The van der Waals surface area contributed by atoms with Gasteiger partial charge in [0.2, 0.25) is 0 Å². The lowest BCUT2D eigenvalue weighted by atomic mass is 10.1. The zero-order chi connectivity index (χ0) is 11.9. The molecular weight excluding hydrogens is 318 g/mol. The van der Waals surface area contributed by atoms with Crippen LogP contribution >= 0.6 is 20.7 Å². The first-order valence-electron chi connectivity index (χ1n) is 5.00. The van der Waals surface area contributed by atoms with E-state index in [9.17, 15) is 4.39 Å². The van der Waals surface area contributed by atoms with Gasteiger partial charge < -0.3 is 0 Å². The summed E-state index contributed by atoms with van der Waals surface area (Å²) in [5.74, 6) is 0. The van der Waals surface area contributed by atoms with E-state index in [0.29, 0.717) is 0 Å². The molecule has 0 N–H and O–H groups in total. The number of aryl methyl sites for hydroxylation is 3. The van der Waals surface area contributed by atoms with Gasteiger partial charge in [0.1, 0.15) is 0 Å². The fourth-order valence-corrected chi connectivity index (χ4v) is 3.09. The lowest BCUT2D eigenvalue weighted by molar-refractivity contribution is 0.493. The summed E-state index contributed by atoms with van der Waals surface area (Å²) in [4.78, 5) is 0. The molecule has 1 atom stereocenters. The fraction of sp³-hybridized carbons (Fsp3) is 0.333. The molecule has 0 saturated heterocycles. The SMILES string of the molecule is C=IC(F)c1ccc(C)c2c1c(C)nn2C. The number of halogens is 2. The quantitative estimate of drug-likeness (QED) is 0.607. The molecule has 2 rings (SSSR count). The Labute approximate surface area is 104 Å². The van der Waals surface area contributed by atoms with E-state index in [2.05, 4.69) is 9.61 Å². The highest BCUT2D eigenvalue weighted by Crippen LogP contribution is 2.36. The lowest BCUT2D eigenvalue weighted by Gasteiger charge is -2.07. The van der Waals surface area contributed by atoms with E-state index in [4.69, 9.17) is 0 Å². The van der Waals surface area contributed by atoms with Crippen LogP contribution in [0.4, 0.5) is 4.39 Å². The normalized spacial score (nSPS) is 13.2. The molecule has 0 aliphatic rings. The van der Waals surface area contributed by atoms with Crippen molar-refractivity contribution in [2.45, 2.75) is 18.0 Å². The molecule has 16 heavy (non-hydrogen) atoms. The Balaban J connectivity index is 2.87. The Morgan fingerprint density at radius 2 is 2.12 bits per heavy atom. The molecule has 1 aromatic carbocycles. The molecule has 1 aromatic heterocycles. The van der Waals surface area contributed by atoms with Crippen molar-refractivity contribution >= 4 is 36.1 Å². The Kier molecular flexibility index (Phi) is 3.10. The van der Waals surface area contributed by atoms with Crippen molar-refractivity contribution in [2.24, 2.45) is 7.05 Å². The molecule has 2 nitrogen and oxygen atoms in total. The number of hydrogen-bond donors (Lipinski definition) is 0. The molecular formula is C12H14FIN2. The Morgan fingerprint density at radius 3 is 2.75 bits per heavy atom. The molecule has 0 aliphatic carbocycles. The number of fused-ring (bicyclic) bond motifs is 1. The van der Waals surface area contributed by atoms with Crippen molar-refractivity contribution in [2.75, 3.05) is 0 Å². The van der Waals surface area contributed by atoms with Gasteiger partial charge in [-0.05, 0) is 19.4 Å². The molecule has 1 unspecified atom stereocenters. The van der Waals surface area contributed by atoms with Crippen LogP contribution in [0.25, 0.3) is 10.9 Å². The second kappa shape index (κ2) is 4.24. The zero-order valence-electron chi connectivity index (χ0n) is 9.59. The molecule has 1 heterocycles. The molecule has 0 radical (unpaired) electrons. The van der Waals surface area contributed by atoms with E-state index in [0.717, 1.165) is 27.7 Å². The molecule has 2 aromatic rings. The van der Waals surface area contributed by atoms with Crippen molar-refractivity contribution in [3.63, 3.8) is 0 Å². The van der Waals surface area contributed by atoms with Crippen LogP contribution in [-0.4, -0.2) is 14.3 Å². The zero-order valence-corrected chi connectivity index (χ0v) is 11.7. The molecule has 86 valence electrons. The third-order valence-electron chi connectivity index (χ3n) is 2.77. The van der Waals surface area contributed by atoms with Crippen LogP contribution in [0.3, 0.4) is 0 Å². The summed E-state index contributed by atoms with van der Waals surface area (Å²) in [5, 5.41) is 5.34. The molecule has 0 fully saturated rings. The lowest BCUT2D eigenvalue weighted by Crippen LogP contribution is -1.93. The predicted molar refractivity (Wildman–Crippen MR) is 75.2 cm³/mol. The minimum absolute atomic E-state index is 0.676. The summed E-state index contributed by atoms with van der Waals surface area (Å²) in [6.45, 7) is 3.96. The first-order valence-corrected chi connectivity index (χ1v) is 7.77. The Bertz CT molecular complexity index is 560. The van der Waals surface area contributed by atoms with Crippen LogP contribution in [0.1, 0.15) is 21.0 Å². The Hall–Kier alpha value is -0.780. The largest absolute Gasteiger partial charge is 0.267 e. The number of nitrogens with zero attached hydrogens (tertiary/aromatic N) is 2. The number of hydrogen-bond acceptors (Lipinski definition) is 1. The van der Waals surface area contributed by atoms with Crippen molar-refractivity contribution in [3.05, 3.63) is 29.0 Å². The topological polar surface area (TPSA) is 17.8 Å². The first-order chi connectivity index (χ1) is 7.56. The number of aromatic nitrogens is 2. The van der Waals surface area contributed by atoms with Gasteiger partial charge in [-0.1, -0.05) is 37.4 Å². The standard InChI is InChI=1S/C12H14FIN2/c1-7-5-6-9(12(13)14-3)10-8(2)15-16(4)11(7)10/h5-6,12H,3H2,1-2,4H3. The highest BCUT2D eigenvalue weighted by Gasteiger charge is 2.16. The molecule has 0 spiro atoms. The third kappa shape index (κ3) is 1.69. The van der Waals surface area contributed by atoms with Gasteiger partial charge in [0.05, 0.1) is 11.2 Å². The van der Waals surface area contributed by atoms with Gasteiger partial charge in [0, 0.05) is 18.0 Å². The van der Waals surface area contributed by atoms with E-state index in [-0.39, 0.29) is 0 Å². The Morgan fingerprint density at radius 1 is 1.44 bits per heavy atom. The van der Waals surface area contributed by atoms with Gasteiger partial charge >= 0.3 is 0 Å². The van der Waals surface area contributed by atoms with Crippen LogP contribution < -0.4 is 0 Å². The summed E-state index contributed by atoms with van der Waals surface area (Å²) in [6.07, 6.45) is 0. The van der Waals surface area contributed by atoms with E-state index in [1.807, 2.05) is 37.7 Å². The van der Waals surface area contributed by atoms with Gasteiger partial charge in [-0.25, -0.2) is 4.39 Å². The summed E-state index contributed by atoms with van der Waals surface area (Å²) in [6, 6.07) is 3.84. The second-order valence-corrected chi connectivity index (χ2v) is 5.83. The summed E-state index contributed by atoms with van der Waals surface area (Å²) in [7, 11) is 1.90. The number of benzene rings is 1. The van der Waals surface area contributed by atoms with Gasteiger partial charge in [0.25, 0.3) is 0 Å². The first kappa shape index (κ1) is 11.7. The molecule has 0 amide bonds.